The van der Waals surface area contributed by atoms with Gasteiger partial charge in [0.25, 0.3) is 5.91 Å². The summed E-state index contributed by atoms with van der Waals surface area (Å²) in [6.45, 7) is 3.23. The van der Waals surface area contributed by atoms with Crippen LogP contribution in [0, 0.1) is 0 Å². The first-order chi connectivity index (χ1) is 15.2. The molecule has 2 fully saturated rings. The smallest absolute Gasteiger partial charge is 0.252 e. The van der Waals surface area contributed by atoms with Crippen molar-refractivity contribution in [1.82, 2.24) is 15.1 Å². The molecule has 1 saturated heterocycles. The highest BCUT2D eigenvalue weighted by molar-refractivity contribution is 5.98. The number of carbonyl (C=O) groups excluding carboxylic acids is 2. The molecule has 1 saturated carbocycles. The Hall–Kier alpha value is -2.86. The average molecular weight is 422 g/mol. The van der Waals surface area contributed by atoms with Crippen molar-refractivity contribution in [2.24, 2.45) is 0 Å². The molecule has 6 heteroatoms. The van der Waals surface area contributed by atoms with Crippen molar-refractivity contribution >= 4 is 11.8 Å². The van der Waals surface area contributed by atoms with Crippen LogP contribution >= 0.6 is 0 Å². The number of piperazine rings is 1. The van der Waals surface area contributed by atoms with E-state index in [2.05, 4.69) is 10.2 Å². The van der Waals surface area contributed by atoms with Crippen molar-refractivity contribution < 1.29 is 14.3 Å². The Morgan fingerprint density at radius 1 is 0.935 bits per heavy atom. The summed E-state index contributed by atoms with van der Waals surface area (Å²) in [5, 5.41) is 2.97. The molecule has 31 heavy (non-hydrogen) atoms. The van der Waals surface area contributed by atoms with Crippen molar-refractivity contribution in [1.29, 1.82) is 0 Å². The van der Waals surface area contributed by atoms with Gasteiger partial charge in [-0.05, 0) is 42.7 Å². The van der Waals surface area contributed by atoms with E-state index in [9.17, 15) is 9.59 Å². The monoisotopic (exact) mass is 421 g/mol. The van der Waals surface area contributed by atoms with E-state index in [1.54, 1.807) is 31.4 Å². The van der Waals surface area contributed by atoms with Crippen molar-refractivity contribution in [2.75, 3.05) is 33.3 Å². The quantitative estimate of drug-likeness (QED) is 0.778. The second-order valence-electron chi connectivity index (χ2n) is 8.35. The van der Waals surface area contributed by atoms with E-state index in [4.69, 9.17) is 4.74 Å². The molecule has 1 N–H and O–H groups in total. The third kappa shape index (κ3) is 5.07. The van der Waals surface area contributed by atoms with Gasteiger partial charge in [0.15, 0.2) is 0 Å². The van der Waals surface area contributed by atoms with Crippen LogP contribution in [0.15, 0.2) is 54.6 Å². The van der Waals surface area contributed by atoms with Crippen LogP contribution in [0.5, 0.6) is 5.75 Å². The van der Waals surface area contributed by atoms with Crippen molar-refractivity contribution in [2.45, 2.75) is 37.8 Å². The lowest BCUT2D eigenvalue weighted by Gasteiger charge is -2.39. The van der Waals surface area contributed by atoms with Crippen molar-refractivity contribution in [3.05, 3.63) is 65.7 Å². The Labute approximate surface area is 184 Å². The minimum atomic E-state index is -0.700. The van der Waals surface area contributed by atoms with Gasteiger partial charge in [-0.1, -0.05) is 43.2 Å². The van der Waals surface area contributed by atoms with Gasteiger partial charge >= 0.3 is 0 Å². The van der Waals surface area contributed by atoms with E-state index in [-0.39, 0.29) is 11.8 Å². The lowest BCUT2D eigenvalue weighted by atomic mass is 10.0. The summed E-state index contributed by atoms with van der Waals surface area (Å²) >= 11 is 0. The van der Waals surface area contributed by atoms with Crippen LogP contribution in [0.2, 0.25) is 0 Å². The first-order valence-electron chi connectivity index (χ1n) is 11.2. The molecule has 2 aliphatic rings. The summed E-state index contributed by atoms with van der Waals surface area (Å²) < 4.78 is 5.17. The molecule has 4 rings (SSSR count). The highest BCUT2D eigenvalue weighted by Crippen LogP contribution is 2.25. The Morgan fingerprint density at radius 2 is 1.58 bits per heavy atom. The number of hydrogen-bond acceptors (Lipinski definition) is 4. The van der Waals surface area contributed by atoms with Crippen LogP contribution in [0.4, 0.5) is 0 Å². The van der Waals surface area contributed by atoms with Crippen molar-refractivity contribution in [3.8, 4) is 5.75 Å². The predicted molar refractivity (Wildman–Crippen MR) is 120 cm³/mol. The zero-order valence-corrected chi connectivity index (χ0v) is 18.1. The van der Waals surface area contributed by atoms with Gasteiger partial charge in [0.2, 0.25) is 5.91 Å². The molecule has 1 aliphatic heterocycles. The van der Waals surface area contributed by atoms with E-state index in [0.29, 0.717) is 30.4 Å². The van der Waals surface area contributed by atoms with E-state index in [1.807, 2.05) is 35.2 Å². The summed E-state index contributed by atoms with van der Waals surface area (Å²) in [6, 6.07) is 16.4. The van der Waals surface area contributed by atoms with Gasteiger partial charge in [-0.25, -0.2) is 0 Å². The van der Waals surface area contributed by atoms with Crippen LogP contribution < -0.4 is 10.1 Å². The number of nitrogens with zero attached hydrogens (tertiary/aromatic N) is 2. The summed E-state index contributed by atoms with van der Waals surface area (Å²) in [6.07, 6.45) is 5.19. The van der Waals surface area contributed by atoms with Crippen LogP contribution in [-0.4, -0.2) is 60.9 Å². The number of rotatable bonds is 6. The second kappa shape index (κ2) is 9.96. The van der Waals surface area contributed by atoms with E-state index in [1.165, 1.54) is 25.7 Å². The van der Waals surface area contributed by atoms with Gasteiger partial charge in [-0.2, -0.15) is 0 Å². The molecule has 0 unspecified atom stereocenters. The number of benzene rings is 2. The Kier molecular flexibility index (Phi) is 6.87. The molecular formula is C25H31N3O3. The van der Waals surface area contributed by atoms with Crippen LogP contribution in [0.1, 0.15) is 47.6 Å². The molecular weight excluding hydrogens is 390 g/mol. The molecule has 0 spiro atoms. The largest absolute Gasteiger partial charge is 0.497 e. The summed E-state index contributed by atoms with van der Waals surface area (Å²) in [5.74, 6) is 0.376. The van der Waals surface area contributed by atoms with Gasteiger partial charge < -0.3 is 15.0 Å². The highest BCUT2D eigenvalue weighted by Gasteiger charge is 2.32. The summed E-state index contributed by atoms with van der Waals surface area (Å²) in [4.78, 5) is 30.8. The van der Waals surface area contributed by atoms with Gasteiger partial charge in [-0.15, -0.1) is 0 Å². The topological polar surface area (TPSA) is 61.9 Å². The number of methoxy groups -OCH3 is 1. The lowest BCUT2D eigenvalue weighted by molar-refractivity contribution is -0.135. The van der Waals surface area contributed by atoms with E-state index in [0.717, 1.165) is 18.7 Å². The van der Waals surface area contributed by atoms with E-state index < -0.39 is 6.04 Å². The van der Waals surface area contributed by atoms with Crippen molar-refractivity contribution in [3.63, 3.8) is 0 Å². The molecule has 0 bridgehead atoms. The zero-order chi connectivity index (χ0) is 21.6. The van der Waals surface area contributed by atoms with Crippen LogP contribution in [0.3, 0.4) is 0 Å². The van der Waals surface area contributed by atoms with Gasteiger partial charge in [-0.3, -0.25) is 14.5 Å². The maximum atomic E-state index is 13.5. The molecule has 0 radical (unpaired) electrons. The van der Waals surface area contributed by atoms with Crippen LogP contribution in [0.25, 0.3) is 0 Å². The number of hydrogen-bond donors (Lipinski definition) is 1. The minimum Gasteiger partial charge on any atom is -0.497 e. The number of carbonyl (C=O) groups is 2. The molecule has 164 valence electrons. The van der Waals surface area contributed by atoms with Crippen LogP contribution in [-0.2, 0) is 4.79 Å². The fourth-order valence-electron chi connectivity index (χ4n) is 4.65. The van der Waals surface area contributed by atoms with Gasteiger partial charge in [0.1, 0.15) is 11.8 Å². The normalized spacial score (nSPS) is 18.5. The molecule has 2 amide bonds. The predicted octanol–water partition coefficient (Wildman–Crippen LogP) is 3.25. The van der Waals surface area contributed by atoms with Gasteiger partial charge in [0, 0.05) is 37.8 Å². The highest BCUT2D eigenvalue weighted by atomic mass is 16.5. The zero-order valence-electron chi connectivity index (χ0n) is 18.1. The minimum absolute atomic E-state index is 0.0425. The molecule has 1 heterocycles. The molecule has 1 aliphatic carbocycles. The number of nitrogens with one attached hydrogen (secondary N) is 1. The van der Waals surface area contributed by atoms with Gasteiger partial charge in [0.05, 0.1) is 7.11 Å². The first kappa shape index (κ1) is 21.4. The summed E-state index contributed by atoms with van der Waals surface area (Å²) in [5.41, 5.74) is 1.30. The lowest BCUT2D eigenvalue weighted by Crippen LogP contribution is -2.54. The standard InChI is InChI=1S/C25H31N3O3/c1-31-22-13-11-20(12-14-22)24(29)26-23(19-7-3-2-4-8-19)25(30)28-17-15-27(16-18-28)21-9-5-6-10-21/h2-4,7-8,11-14,21,23H,5-6,9-10,15-18H2,1H3,(H,26,29)/t23-/m1/s1. The Bertz CT molecular complexity index is 871. The fourth-order valence-corrected chi connectivity index (χ4v) is 4.65. The first-order valence-corrected chi connectivity index (χ1v) is 11.2. The molecule has 2 aromatic carbocycles. The third-order valence-electron chi connectivity index (χ3n) is 6.47. The fraction of sp³-hybridized carbons (Fsp3) is 0.440. The summed E-state index contributed by atoms with van der Waals surface area (Å²) in [7, 11) is 1.59. The third-order valence-corrected chi connectivity index (χ3v) is 6.47. The molecule has 2 aromatic rings. The average Bonchev–Trinajstić information content (AvgIpc) is 3.38. The SMILES string of the molecule is COc1ccc(C(=O)N[C@@H](C(=O)N2CCN(C3CCCC3)CC2)c2ccccc2)cc1. The second-order valence-corrected chi connectivity index (χ2v) is 8.35. The Balaban J connectivity index is 1.46. The maximum Gasteiger partial charge on any atom is 0.252 e. The number of ether oxygens (including phenoxy) is 1. The van der Waals surface area contributed by atoms with E-state index >= 15 is 0 Å². The number of amides is 2. The maximum absolute atomic E-state index is 13.5. The Morgan fingerprint density at radius 3 is 2.19 bits per heavy atom. The molecule has 1 atom stereocenters. The molecule has 0 aromatic heterocycles. The molecule has 6 nitrogen and oxygen atoms in total.